The summed E-state index contributed by atoms with van der Waals surface area (Å²) in [5.41, 5.74) is 0.581. The molecule has 1 saturated heterocycles. The minimum absolute atomic E-state index is 0.0507. The van der Waals surface area contributed by atoms with Gasteiger partial charge in [-0.1, -0.05) is 32.0 Å². The molecule has 1 fully saturated rings. The lowest BCUT2D eigenvalue weighted by molar-refractivity contribution is -0.127. The number of rotatable bonds is 7. The standard InChI is InChI=1S/C16H22F2N2O2/c1-3-13(20-15(21)10(2)11-8-19-9-11)12-6-4-5-7-14(12)22-16(17)18/h4-7,10-11,13,16,19H,3,8-9H2,1-2H3,(H,20,21). The van der Waals surface area contributed by atoms with E-state index < -0.39 is 6.61 Å². The van der Waals surface area contributed by atoms with Gasteiger partial charge in [0.15, 0.2) is 0 Å². The molecule has 1 aliphatic heterocycles. The maximum absolute atomic E-state index is 12.5. The van der Waals surface area contributed by atoms with E-state index >= 15 is 0 Å². The Bertz CT molecular complexity index is 507. The number of alkyl halides is 2. The average Bonchev–Trinajstić information content (AvgIpc) is 2.42. The first-order chi connectivity index (χ1) is 10.5. The SMILES string of the molecule is CCC(NC(=O)C(C)C1CNC1)c1ccccc1OC(F)F. The van der Waals surface area contributed by atoms with Gasteiger partial charge in [-0.05, 0) is 31.5 Å². The molecule has 0 spiro atoms. The van der Waals surface area contributed by atoms with Crippen molar-refractivity contribution < 1.29 is 18.3 Å². The van der Waals surface area contributed by atoms with Gasteiger partial charge >= 0.3 is 6.61 Å². The van der Waals surface area contributed by atoms with Crippen molar-refractivity contribution in [1.29, 1.82) is 0 Å². The number of ether oxygens (including phenoxy) is 1. The second-order valence-electron chi connectivity index (χ2n) is 5.59. The molecule has 1 heterocycles. The van der Waals surface area contributed by atoms with Gasteiger partial charge in [-0.25, -0.2) is 0 Å². The summed E-state index contributed by atoms with van der Waals surface area (Å²) >= 11 is 0. The van der Waals surface area contributed by atoms with E-state index in [0.717, 1.165) is 13.1 Å². The zero-order chi connectivity index (χ0) is 16.1. The summed E-state index contributed by atoms with van der Waals surface area (Å²) in [6.45, 7) is 2.61. The lowest BCUT2D eigenvalue weighted by Gasteiger charge is -2.33. The normalized spacial score (nSPS) is 17.7. The number of benzene rings is 1. The number of amides is 1. The summed E-state index contributed by atoms with van der Waals surface area (Å²) in [7, 11) is 0. The van der Waals surface area contributed by atoms with Gasteiger partial charge < -0.3 is 15.4 Å². The van der Waals surface area contributed by atoms with E-state index in [4.69, 9.17) is 0 Å². The fraction of sp³-hybridized carbons (Fsp3) is 0.562. The predicted octanol–water partition coefficient (Wildman–Crippen LogP) is 2.71. The molecule has 2 atom stereocenters. The largest absolute Gasteiger partial charge is 0.434 e. The Kier molecular flexibility index (Phi) is 5.71. The van der Waals surface area contributed by atoms with Crippen LogP contribution < -0.4 is 15.4 Å². The van der Waals surface area contributed by atoms with Crippen molar-refractivity contribution >= 4 is 5.91 Å². The van der Waals surface area contributed by atoms with Crippen molar-refractivity contribution in [3.05, 3.63) is 29.8 Å². The Morgan fingerprint density at radius 1 is 1.41 bits per heavy atom. The number of para-hydroxylation sites is 1. The van der Waals surface area contributed by atoms with E-state index in [1.54, 1.807) is 18.2 Å². The van der Waals surface area contributed by atoms with Crippen LogP contribution in [0.15, 0.2) is 24.3 Å². The number of hydrogen-bond acceptors (Lipinski definition) is 3. The summed E-state index contributed by atoms with van der Waals surface area (Å²) in [6.07, 6.45) is 0.602. The summed E-state index contributed by atoms with van der Waals surface area (Å²) < 4.78 is 29.6. The second-order valence-corrected chi connectivity index (χ2v) is 5.59. The molecule has 1 aliphatic rings. The first kappa shape index (κ1) is 16.7. The van der Waals surface area contributed by atoms with Crippen molar-refractivity contribution in [2.24, 2.45) is 11.8 Å². The smallest absolute Gasteiger partial charge is 0.387 e. The van der Waals surface area contributed by atoms with E-state index in [9.17, 15) is 13.6 Å². The summed E-state index contributed by atoms with van der Waals surface area (Å²) in [5.74, 6) is 0.302. The highest BCUT2D eigenvalue weighted by atomic mass is 19.3. The van der Waals surface area contributed by atoms with Crippen LogP contribution >= 0.6 is 0 Å². The van der Waals surface area contributed by atoms with Crippen LogP contribution in [-0.2, 0) is 4.79 Å². The Balaban J connectivity index is 2.09. The third-order valence-electron chi connectivity index (χ3n) is 4.17. The maximum atomic E-state index is 12.5. The molecule has 4 nitrogen and oxygen atoms in total. The summed E-state index contributed by atoms with van der Waals surface area (Å²) in [5, 5.41) is 6.10. The first-order valence-corrected chi connectivity index (χ1v) is 7.57. The van der Waals surface area contributed by atoms with E-state index in [-0.39, 0.29) is 23.6 Å². The molecule has 0 aliphatic carbocycles. The number of hydrogen-bond donors (Lipinski definition) is 2. The third kappa shape index (κ3) is 3.94. The van der Waals surface area contributed by atoms with E-state index in [1.165, 1.54) is 6.07 Å². The Hall–Kier alpha value is -1.69. The van der Waals surface area contributed by atoms with Crippen molar-refractivity contribution in [2.45, 2.75) is 32.9 Å². The highest BCUT2D eigenvalue weighted by molar-refractivity contribution is 5.79. The molecule has 6 heteroatoms. The van der Waals surface area contributed by atoms with E-state index in [1.807, 2.05) is 13.8 Å². The van der Waals surface area contributed by atoms with Crippen LogP contribution in [-0.4, -0.2) is 25.6 Å². The number of carbonyl (C=O) groups is 1. The van der Waals surface area contributed by atoms with Crippen LogP contribution in [0.5, 0.6) is 5.75 Å². The Morgan fingerprint density at radius 3 is 2.64 bits per heavy atom. The van der Waals surface area contributed by atoms with Crippen molar-refractivity contribution in [3.8, 4) is 5.75 Å². The molecule has 2 N–H and O–H groups in total. The zero-order valence-electron chi connectivity index (χ0n) is 12.8. The zero-order valence-corrected chi connectivity index (χ0v) is 12.8. The van der Waals surface area contributed by atoms with Gasteiger partial charge in [0.05, 0.1) is 6.04 Å². The molecule has 0 bridgehead atoms. The molecule has 1 aromatic rings. The molecule has 22 heavy (non-hydrogen) atoms. The van der Waals surface area contributed by atoms with Gasteiger partial charge in [0.1, 0.15) is 5.75 Å². The molecule has 2 unspecified atom stereocenters. The minimum Gasteiger partial charge on any atom is -0.434 e. The fourth-order valence-electron chi connectivity index (χ4n) is 2.55. The fourth-order valence-corrected chi connectivity index (χ4v) is 2.55. The topological polar surface area (TPSA) is 50.4 Å². The molecular formula is C16H22F2N2O2. The quantitative estimate of drug-likeness (QED) is 0.814. The molecule has 122 valence electrons. The highest BCUT2D eigenvalue weighted by Crippen LogP contribution is 2.29. The minimum atomic E-state index is -2.88. The molecule has 1 aromatic carbocycles. The van der Waals surface area contributed by atoms with Crippen LogP contribution in [0.25, 0.3) is 0 Å². The van der Waals surface area contributed by atoms with Crippen LogP contribution in [0.2, 0.25) is 0 Å². The Morgan fingerprint density at radius 2 is 2.09 bits per heavy atom. The monoisotopic (exact) mass is 312 g/mol. The van der Waals surface area contributed by atoms with Crippen LogP contribution in [0.1, 0.15) is 31.9 Å². The summed E-state index contributed by atoms with van der Waals surface area (Å²) in [6, 6.07) is 6.26. The van der Waals surface area contributed by atoms with Crippen LogP contribution in [0, 0.1) is 11.8 Å². The predicted molar refractivity (Wildman–Crippen MR) is 79.8 cm³/mol. The molecule has 2 rings (SSSR count). The van der Waals surface area contributed by atoms with Gasteiger partial charge in [0, 0.05) is 11.5 Å². The lowest BCUT2D eigenvalue weighted by atomic mass is 9.88. The van der Waals surface area contributed by atoms with Crippen LogP contribution in [0.3, 0.4) is 0 Å². The third-order valence-corrected chi connectivity index (χ3v) is 4.17. The first-order valence-electron chi connectivity index (χ1n) is 7.57. The van der Waals surface area contributed by atoms with Crippen molar-refractivity contribution in [2.75, 3.05) is 13.1 Å². The Labute approximate surface area is 129 Å². The second kappa shape index (κ2) is 7.54. The van der Waals surface area contributed by atoms with Gasteiger partial charge in [0.2, 0.25) is 5.91 Å². The molecule has 0 aromatic heterocycles. The van der Waals surface area contributed by atoms with E-state index in [0.29, 0.717) is 17.9 Å². The van der Waals surface area contributed by atoms with Gasteiger partial charge in [-0.2, -0.15) is 8.78 Å². The average molecular weight is 312 g/mol. The molecular weight excluding hydrogens is 290 g/mol. The number of halogens is 2. The maximum Gasteiger partial charge on any atom is 0.387 e. The van der Waals surface area contributed by atoms with Crippen molar-refractivity contribution in [3.63, 3.8) is 0 Å². The van der Waals surface area contributed by atoms with E-state index in [2.05, 4.69) is 15.4 Å². The summed E-state index contributed by atoms with van der Waals surface area (Å²) in [4.78, 5) is 12.3. The van der Waals surface area contributed by atoms with Gasteiger partial charge in [0.25, 0.3) is 0 Å². The number of carbonyl (C=O) groups excluding carboxylic acids is 1. The molecule has 1 amide bonds. The molecule has 0 radical (unpaired) electrons. The molecule has 0 saturated carbocycles. The van der Waals surface area contributed by atoms with Gasteiger partial charge in [-0.15, -0.1) is 0 Å². The number of nitrogens with one attached hydrogen (secondary N) is 2. The van der Waals surface area contributed by atoms with Gasteiger partial charge in [-0.3, -0.25) is 4.79 Å². The highest BCUT2D eigenvalue weighted by Gasteiger charge is 2.30. The van der Waals surface area contributed by atoms with Crippen LogP contribution in [0.4, 0.5) is 8.78 Å². The lowest BCUT2D eigenvalue weighted by Crippen LogP contribution is -2.50. The van der Waals surface area contributed by atoms with Crippen molar-refractivity contribution in [1.82, 2.24) is 10.6 Å².